The average Bonchev–Trinajstić information content (AvgIpc) is 3.60. The monoisotopic (exact) mass is 548 g/mol. The Kier molecular flexibility index (Phi) is 8.42. The van der Waals surface area contributed by atoms with Gasteiger partial charge in [-0.3, -0.25) is 14.4 Å². The maximum Gasteiger partial charge on any atom is 0.250 e. The first-order chi connectivity index (χ1) is 19.4. The predicted molar refractivity (Wildman–Crippen MR) is 154 cm³/mol. The van der Waals surface area contributed by atoms with Gasteiger partial charge in [0, 0.05) is 43.3 Å². The SMILES string of the molecule is CCN(CC)c1ccc(NC(=O)C2N(CCCCCO)C(=O)[C@@H]3[C@H](C(=O)Nc4ccccc4)[C@@H]4CCC23O4)cc1. The van der Waals surface area contributed by atoms with Gasteiger partial charge in [0.25, 0.3) is 0 Å². The lowest BCUT2D eigenvalue weighted by molar-refractivity contribution is -0.139. The van der Waals surface area contributed by atoms with E-state index in [2.05, 4.69) is 29.4 Å². The lowest BCUT2D eigenvalue weighted by Gasteiger charge is -2.33. The van der Waals surface area contributed by atoms with Crippen molar-refractivity contribution in [2.75, 3.05) is 41.8 Å². The second-order valence-electron chi connectivity index (χ2n) is 10.9. The average molecular weight is 549 g/mol. The van der Waals surface area contributed by atoms with E-state index < -0.39 is 29.6 Å². The van der Waals surface area contributed by atoms with E-state index >= 15 is 0 Å². The van der Waals surface area contributed by atoms with E-state index in [0.29, 0.717) is 43.6 Å². The standard InChI is InChI=1S/C31H40N4O5/c1-3-34(4-2)23-15-13-22(14-16-23)33-29(38)27-31-18-17-24(40-31)25(28(37)32-21-11-7-5-8-12-21)26(31)30(39)35(27)19-9-6-10-20-36/h5,7-8,11-16,24-27,36H,3-4,6,9-10,17-20H2,1-2H3,(H,32,37)(H,33,38)/t24-,25+,26-,27?,31?/m0/s1. The molecule has 0 aliphatic carbocycles. The van der Waals surface area contributed by atoms with Crippen LogP contribution in [-0.2, 0) is 19.1 Å². The van der Waals surface area contributed by atoms with E-state index in [4.69, 9.17) is 4.74 Å². The van der Waals surface area contributed by atoms with Crippen LogP contribution in [0.15, 0.2) is 54.6 Å². The number of fused-ring (bicyclic) bond motifs is 1. The van der Waals surface area contributed by atoms with E-state index in [9.17, 15) is 19.5 Å². The molecule has 0 saturated carbocycles. The number of nitrogens with one attached hydrogen (secondary N) is 2. The zero-order valence-electron chi connectivity index (χ0n) is 23.3. The van der Waals surface area contributed by atoms with Gasteiger partial charge < -0.3 is 30.3 Å². The highest BCUT2D eigenvalue weighted by atomic mass is 16.5. The van der Waals surface area contributed by atoms with Crippen LogP contribution in [0, 0.1) is 11.8 Å². The van der Waals surface area contributed by atoms with E-state index in [1.807, 2.05) is 54.6 Å². The summed E-state index contributed by atoms with van der Waals surface area (Å²) in [6, 6.07) is 16.1. The summed E-state index contributed by atoms with van der Waals surface area (Å²) in [7, 11) is 0. The van der Waals surface area contributed by atoms with Crippen molar-refractivity contribution < 1.29 is 24.2 Å². The number of para-hydroxylation sites is 1. The van der Waals surface area contributed by atoms with Crippen LogP contribution < -0.4 is 15.5 Å². The van der Waals surface area contributed by atoms with Gasteiger partial charge in [0.2, 0.25) is 17.7 Å². The number of aliphatic hydroxyl groups is 1. The number of likely N-dealkylation sites (tertiary alicyclic amines) is 1. The third-order valence-corrected chi connectivity index (χ3v) is 8.71. The van der Waals surface area contributed by atoms with Gasteiger partial charge in [-0.2, -0.15) is 0 Å². The number of hydrogen-bond acceptors (Lipinski definition) is 6. The highest BCUT2D eigenvalue weighted by molar-refractivity contribution is 6.05. The number of amides is 3. The van der Waals surface area contributed by atoms with Gasteiger partial charge in [0.1, 0.15) is 11.6 Å². The Morgan fingerprint density at radius 2 is 1.65 bits per heavy atom. The molecule has 3 fully saturated rings. The molecule has 2 unspecified atom stereocenters. The summed E-state index contributed by atoms with van der Waals surface area (Å²) in [5.41, 5.74) is 1.36. The van der Waals surface area contributed by atoms with Gasteiger partial charge in [0.15, 0.2) is 0 Å². The zero-order valence-corrected chi connectivity index (χ0v) is 23.3. The van der Waals surface area contributed by atoms with Gasteiger partial charge in [-0.05, 0) is 82.3 Å². The Bertz CT molecular complexity index is 1200. The Labute approximate surface area is 235 Å². The van der Waals surface area contributed by atoms with Crippen LogP contribution in [0.25, 0.3) is 0 Å². The number of benzene rings is 2. The molecule has 40 heavy (non-hydrogen) atoms. The van der Waals surface area contributed by atoms with E-state index in [0.717, 1.165) is 25.2 Å². The Balaban J connectivity index is 1.40. The van der Waals surface area contributed by atoms with Crippen LogP contribution in [0.1, 0.15) is 46.0 Å². The van der Waals surface area contributed by atoms with Crippen molar-refractivity contribution in [1.29, 1.82) is 0 Å². The number of carbonyl (C=O) groups excluding carboxylic acids is 3. The van der Waals surface area contributed by atoms with Crippen LogP contribution in [0.2, 0.25) is 0 Å². The fourth-order valence-electron chi connectivity index (χ4n) is 6.87. The summed E-state index contributed by atoms with van der Waals surface area (Å²) in [4.78, 5) is 45.3. The number of carbonyl (C=O) groups is 3. The first-order valence-corrected chi connectivity index (χ1v) is 14.5. The summed E-state index contributed by atoms with van der Waals surface area (Å²) < 4.78 is 6.50. The second kappa shape index (κ2) is 12.0. The minimum atomic E-state index is -1.04. The van der Waals surface area contributed by atoms with Crippen molar-refractivity contribution in [3.8, 4) is 0 Å². The summed E-state index contributed by atoms with van der Waals surface area (Å²) in [5.74, 6) is -2.11. The van der Waals surface area contributed by atoms with Gasteiger partial charge in [0.05, 0.1) is 17.9 Å². The van der Waals surface area contributed by atoms with Gasteiger partial charge in [-0.1, -0.05) is 18.2 Å². The largest absolute Gasteiger partial charge is 0.396 e. The van der Waals surface area contributed by atoms with E-state index in [1.54, 1.807) is 4.90 Å². The molecular formula is C31H40N4O5. The lowest BCUT2D eigenvalue weighted by Crippen LogP contribution is -2.53. The van der Waals surface area contributed by atoms with Crippen molar-refractivity contribution in [3.63, 3.8) is 0 Å². The molecule has 3 heterocycles. The van der Waals surface area contributed by atoms with Gasteiger partial charge in [-0.25, -0.2) is 0 Å². The summed E-state index contributed by atoms with van der Waals surface area (Å²) in [5, 5.41) is 15.2. The van der Waals surface area contributed by atoms with Gasteiger partial charge >= 0.3 is 0 Å². The molecule has 3 aliphatic rings. The highest BCUT2D eigenvalue weighted by Gasteiger charge is 2.74. The van der Waals surface area contributed by atoms with Crippen molar-refractivity contribution in [1.82, 2.24) is 4.90 Å². The highest BCUT2D eigenvalue weighted by Crippen LogP contribution is 2.58. The number of rotatable bonds is 12. The molecule has 2 aromatic rings. The van der Waals surface area contributed by atoms with Crippen molar-refractivity contribution >= 4 is 34.8 Å². The topological polar surface area (TPSA) is 111 Å². The number of nitrogens with zero attached hydrogens (tertiary/aromatic N) is 2. The summed E-state index contributed by atoms with van der Waals surface area (Å²) in [6.45, 7) is 6.44. The third kappa shape index (κ3) is 5.08. The first-order valence-electron chi connectivity index (χ1n) is 14.5. The molecule has 2 aromatic carbocycles. The van der Waals surface area contributed by atoms with E-state index in [-0.39, 0.29) is 24.3 Å². The number of anilines is 3. The molecule has 214 valence electrons. The summed E-state index contributed by atoms with van der Waals surface area (Å²) in [6.07, 6.45) is 2.79. The summed E-state index contributed by atoms with van der Waals surface area (Å²) >= 11 is 0. The molecule has 3 amide bonds. The van der Waals surface area contributed by atoms with Crippen LogP contribution in [0.5, 0.6) is 0 Å². The van der Waals surface area contributed by atoms with Crippen LogP contribution >= 0.6 is 0 Å². The predicted octanol–water partition coefficient (Wildman–Crippen LogP) is 3.65. The zero-order chi connectivity index (χ0) is 28.3. The van der Waals surface area contributed by atoms with Crippen LogP contribution in [0.4, 0.5) is 17.1 Å². The maximum absolute atomic E-state index is 14.0. The molecule has 9 heteroatoms. The third-order valence-electron chi connectivity index (χ3n) is 8.71. The quantitative estimate of drug-likeness (QED) is 0.349. The molecule has 5 rings (SSSR count). The molecule has 1 spiro atoms. The smallest absolute Gasteiger partial charge is 0.250 e. The minimum absolute atomic E-state index is 0.0838. The number of ether oxygens (including phenoxy) is 1. The number of aliphatic hydroxyl groups excluding tert-OH is 1. The van der Waals surface area contributed by atoms with Crippen molar-refractivity contribution in [2.45, 2.75) is 63.7 Å². The van der Waals surface area contributed by atoms with Crippen LogP contribution in [-0.4, -0.2) is 71.7 Å². The molecule has 3 N–H and O–H groups in total. The second-order valence-corrected chi connectivity index (χ2v) is 10.9. The van der Waals surface area contributed by atoms with Gasteiger partial charge in [-0.15, -0.1) is 0 Å². The van der Waals surface area contributed by atoms with Crippen LogP contribution in [0.3, 0.4) is 0 Å². The molecule has 0 aromatic heterocycles. The molecule has 0 radical (unpaired) electrons. The molecule has 9 nitrogen and oxygen atoms in total. The minimum Gasteiger partial charge on any atom is -0.396 e. The normalized spacial score (nSPS) is 26.6. The molecule has 5 atom stereocenters. The number of unbranched alkanes of at least 4 members (excludes halogenated alkanes) is 2. The molecular weight excluding hydrogens is 508 g/mol. The van der Waals surface area contributed by atoms with Crippen molar-refractivity contribution in [3.05, 3.63) is 54.6 Å². The lowest BCUT2D eigenvalue weighted by atomic mass is 9.70. The van der Waals surface area contributed by atoms with Crippen molar-refractivity contribution in [2.24, 2.45) is 11.8 Å². The Morgan fingerprint density at radius 1 is 0.975 bits per heavy atom. The molecule has 3 saturated heterocycles. The first kappa shape index (κ1) is 28.1. The molecule has 2 bridgehead atoms. The Hall–Kier alpha value is -3.43. The fourth-order valence-corrected chi connectivity index (χ4v) is 6.87. The molecule has 3 aliphatic heterocycles. The Morgan fingerprint density at radius 3 is 2.33 bits per heavy atom. The van der Waals surface area contributed by atoms with E-state index in [1.165, 1.54) is 0 Å². The number of hydrogen-bond donors (Lipinski definition) is 3. The fraction of sp³-hybridized carbons (Fsp3) is 0.516. The maximum atomic E-state index is 14.0.